The van der Waals surface area contributed by atoms with Gasteiger partial charge < -0.3 is 14.8 Å². The van der Waals surface area contributed by atoms with Gasteiger partial charge in [0.05, 0.1) is 0 Å². The Hall–Kier alpha value is -1.52. The summed E-state index contributed by atoms with van der Waals surface area (Å²) in [6, 6.07) is 0.281. The minimum atomic E-state index is -1.08. The van der Waals surface area contributed by atoms with Crippen LogP contribution >= 0.6 is 0 Å². The van der Waals surface area contributed by atoms with E-state index in [9.17, 15) is 4.79 Å². The molecule has 0 aromatic carbocycles. The summed E-state index contributed by atoms with van der Waals surface area (Å²) in [6.07, 6.45) is 3.96. The molecular weight excluding hydrogens is 208 g/mol. The number of hydrogen-bond acceptors (Lipinski definition) is 4. The molecule has 0 spiro atoms. The highest BCUT2D eigenvalue weighted by Crippen LogP contribution is 2.25. The average Bonchev–Trinajstić information content (AvgIpc) is 2.74. The molecule has 5 heteroatoms. The fourth-order valence-corrected chi connectivity index (χ4v) is 1.67. The fourth-order valence-electron chi connectivity index (χ4n) is 1.67. The Labute approximate surface area is 94.9 Å². The maximum Gasteiger partial charge on any atom is 0.357 e. The third kappa shape index (κ3) is 2.53. The molecule has 2 N–H and O–H groups in total. The lowest BCUT2D eigenvalue weighted by Gasteiger charge is -2.30. The van der Waals surface area contributed by atoms with E-state index in [4.69, 9.17) is 9.52 Å². The first-order chi connectivity index (χ1) is 7.56. The monoisotopic (exact) mass is 226 g/mol. The predicted octanol–water partition coefficient (Wildman–Crippen LogP) is 2.75. The SMILES string of the molecule is CCC(CC)(CC)Nc1nc(C(=O)O)co1. The molecule has 0 saturated carbocycles. The lowest BCUT2D eigenvalue weighted by Crippen LogP contribution is -2.36. The van der Waals surface area contributed by atoms with Gasteiger partial charge in [-0.15, -0.1) is 0 Å². The molecule has 5 nitrogen and oxygen atoms in total. The van der Waals surface area contributed by atoms with Crippen molar-refractivity contribution < 1.29 is 14.3 Å². The van der Waals surface area contributed by atoms with Gasteiger partial charge in [0, 0.05) is 5.54 Å². The molecule has 0 fully saturated rings. The zero-order valence-electron chi connectivity index (χ0n) is 9.91. The topological polar surface area (TPSA) is 75.4 Å². The van der Waals surface area contributed by atoms with Gasteiger partial charge >= 0.3 is 5.97 Å². The van der Waals surface area contributed by atoms with E-state index < -0.39 is 5.97 Å². The number of nitrogens with one attached hydrogen (secondary N) is 1. The molecule has 0 amide bonds. The third-order valence-electron chi connectivity index (χ3n) is 3.13. The van der Waals surface area contributed by atoms with Crippen molar-refractivity contribution in [2.75, 3.05) is 5.32 Å². The Kier molecular flexibility index (Phi) is 3.93. The molecule has 0 aliphatic rings. The molecule has 90 valence electrons. The lowest BCUT2D eigenvalue weighted by atomic mass is 9.90. The molecule has 0 aliphatic carbocycles. The summed E-state index contributed by atoms with van der Waals surface area (Å²) in [5, 5.41) is 11.9. The summed E-state index contributed by atoms with van der Waals surface area (Å²) >= 11 is 0. The smallest absolute Gasteiger partial charge is 0.357 e. The van der Waals surface area contributed by atoms with Crippen LogP contribution in [0.1, 0.15) is 50.5 Å². The zero-order chi connectivity index (χ0) is 12.2. The van der Waals surface area contributed by atoms with Crippen LogP contribution in [0.3, 0.4) is 0 Å². The number of carboxylic acid groups (broad SMARTS) is 1. The maximum atomic E-state index is 10.6. The standard InChI is InChI=1S/C11H18N2O3/c1-4-11(5-2,6-3)13-10-12-8(7-16-10)9(14)15/h7H,4-6H2,1-3H3,(H,12,13)(H,14,15). The number of aromatic carboxylic acids is 1. The van der Waals surface area contributed by atoms with Crippen molar-refractivity contribution >= 4 is 12.0 Å². The number of rotatable bonds is 6. The Morgan fingerprint density at radius 1 is 1.44 bits per heavy atom. The number of carboxylic acids is 1. The van der Waals surface area contributed by atoms with Crippen LogP contribution in [0.2, 0.25) is 0 Å². The highest BCUT2D eigenvalue weighted by atomic mass is 16.4. The first kappa shape index (κ1) is 12.5. The molecule has 0 bridgehead atoms. The molecule has 1 heterocycles. The van der Waals surface area contributed by atoms with Crippen LogP contribution in [0.5, 0.6) is 0 Å². The van der Waals surface area contributed by atoms with E-state index in [2.05, 4.69) is 31.1 Å². The van der Waals surface area contributed by atoms with Gasteiger partial charge in [-0.05, 0) is 19.3 Å². The van der Waals surface area contributed by atoms with Crippen molar-refractivity contribution in [3.8, 4) is 0 Å². The number of hydrogen-bond donors (Lipinski definition) is 2. The van der Waals surface area contributed by atoms with Crippen molar-refractivity contribution in [2.24, 2.45) is 0 Å². The lowest BCUT2D eigenvalue weighted by molar-refractivity contribution is 0.0690. The molecule has 1 aromatic heterocycles. The first-order valence-electron chi connectivity index (χ1n) is 5.54. The number of oxazole rings is 1. The summed E-state index contributed by atoms with van der Waals surface area (Å²) in [5.74, 6) is -1.08. The van der Waals surface area contributed by atoms with E-state index in [1.807, 2.05) is 0 Å². The Morgan fingerprint density at radius 2 is 2.00 bits per heavy atom. The van der Waals surface area contributed by atoms with E-state index in [1.165, 1.54) is 0 Å². The Bertz CT molecular complexity index is 348. The molecule has 16 heavy (non-hydrogen) atoms. The van der Waals surface area contributed by atoms with Crippen molar-refractivity contribution in [2.45, 2.75) is 45.6 Å². The average molecular weight is 226 g/mol. The molecule has 0 unspecified atom stereocenters. The quantitative estimate of drug-likeness (QED) is 0.780. The first-order valence-corrected chi connectivity index (χ1v) is 5.54. The van der Waals surface area contributed by atoms with E-state index >= 15 is 0 Å². The van der Waals surface area contributed by atoms with Gasteiger partial charge in [0.15, 0.2) is 5.69 Å². The van der Waals surface area contributed by atoms with Gasteiger partial charge in [0.1, 0.15) is 6.26 Å². The summed E-state index contributed by atoms with van der Waals surface area (Å²) < 4.78 is 5.08. The highest BCUT2D eigenvalue weighted by molar-refractivity contribution is 5.85. The zero-order valence-corrected chi connectivity index (χ0v) is 9.91. The molecule has 0 radical (unpaired) electrons. The number of anilines is 1. The molecule has 0 aliphatic heterocycles. The molecule has 0 atom stereocenters. The van der Waals surface area contributed by atoms with E-state index in [1.54, 1.807) is 0 Å². The molecule has 0 saturated heterocycles. The van der Waals surface area contributed by atoms with E-state index in [0.29, 0.717) is 0 Å². The van der Waals surface area contributed by atoms with Crippen LogP contribution in [-0.2, 0) is 0 Å². The summed E-state index contributed by atoms with van der Waals surface area (Å²) in [7, 11) is 0. The fraction of sp³-hybridized carbons (Fsp3) is 0.636. The normalized spacial score (nSPS) is 11.4. The van der Waals surface area contributed by atoms with Crippen LogP contribution in [0.25, 0.3) is 0 Å². The van der Waals surface area contributed by atoms with Gasteiger partial charge in [-0.3, -0.25) is 0 Å². The summed E-state index contributed by atoms with van der Waals surface area (Å²) in [5.41, 5.74) is -0.139. The summed E-state index contributed by atoms with van der Waals surface area (Å²) in [4.78, 5) is 14.5. The summed E-state index contributed by atoms with van der Waals surface area (Å²) in [6.45, 7) is 6.25. The van der Waals surface area contributed by atoms with Crippen molar-refractivity contribution in [3.63, 3.8) is 0 Å². The van der Waals surface area contributed by atoms with E-state index in [0.717, 1.165) is 25.5 Å². The molecular formula is C11H18N2O3. The van der Waals surface area contributed by atoms with Gasteiger partial charge in [-0.2, -0.15) is 4.98 Å². The second kappa shape index (κ2) is 5.01. The Balaban J connectivity index is 2.81. The van der Waals surface area contributed by atoms with Crippen LogP contribution in [-0.4, -0.2) is 21.6 Å². The number of aromatic nitrogens is 1. The van der Waals surface area contributed by atoms with Crippen LogP contribution in [0.15, 0.2) is 10.7 Å². The minimum Gasteiger partial charge on any atom is -0.476 e. The van der Waals surface area contributed by atoms with Gasteiger partial charge in [0.25, 0.3) is 6.01 Å². The highest BCUT2D eigenvalue weighted by Gasteiger charge is 2.25. The van der Waals surface area contributed by atoms with Crippen LogP contribution in [0, 0.1) is 0 Å². The molecule has 1 rings (SSSR count). The molecule has 1 aromatic rings. The number of carbonyl (C=O) groups is 1. The predicted molar refractivity (Wildman–Crippen MR) is 60.7 cm³/mol. The third-order valence-corrected chi connectivity index (χ3v) is 3.13. The van der Waals surface area contributed by atoms with Gasteiger partial charge in [-0.1, -0.05) is 20.8 Å². The van der Waals surface area contributed by atoms with Crippen molar-refractivity contribution in [1.82, 2.24) is 4.98 Å². The maximum absolute atomic E-state index is 10.6. The van der Waals surface area contributed by atoms with Crippen molar-refractivity contribution in [3.05, 3.63) is 12.0 Å². The largest absolute Gasteiger partial charge is 0.476 e. The van der Waals surface area contributed by atoms with Crippen LogP contribution in [0.4, 0.5) is 6.01 Å². The van der Waals surface area contributed by atoms with Gasteiger partial charge in [-0.25, -0.2) is 4.79 Å². The van der Waals surface area contributed by atoms with Crippen LogP contribution < -0.4 is 5.32 Å². The minimum absolute atomic E-state index is 0.0688. The second-order valence-corrected chi connectivity index (χ2v) is 3.81. The van der Waals surface area contributed by atoms with Gasteiger partial charge in [0.2, 0.25) is 0 Å². The Morgan fingerprint density at radius 3 is 2.38 bits per heavy atom. The van der Waals surface area contributed by atoms with Crippen molar-refractivity contribution in [1.29, 1.82) is 0 Å². The van der Waals surface area contributed by atoms with E-state index in [-0.39, 0.29) is 17.2 Å². The number of nitrogens with zero attached hydrogens (tertiary/aromatic N) is 1. The second-order valence-electron chi connectivity index (χ2n) is 3.81.